The minimum Gasteiger partial charge on any atom is -0.303 e. The first kappa shape index (κ1) is 6.86. The lowest BCUT2D eigenvalue weighted by Crippen LogP contribution is -1.84. The predicted molar refractivity (Wildman–Crippen MR) is 43.1 cm³/mol. The van der Waals surface area contributed by atoms with Crippen LogP contribution in [-0.2, 0) is 0 Å². The van der Waals surface area contributed by atoms with Gasteiger partial charge in [-0.25, -0.2) is 9.37 Å². The molecule has 0 N–H and O–H groups in total. The molecule has 3 heteroatoms. The van der Waals surface area contributed by atoms with E-state index >= 15 is 0 Å². The summed E-state index contributed by atoms with van der Waals surface area (Å²) in [5, 5.41) is 0. The van der Waals surface area contributed by atoms with Crippen molar-refractivity contribution in [2.75, 3.05) is 0 Å². The van der Waals surface area contributed by atoms with Crippen molar-refractivity contribution in [1.29, 1.82) is 0 Å². The van der Waals surface area contributed by atoms with Crippen LogP contribution in [0.4, 0.5) is 4.39 Å². The Bertz CT molecular complexity index is 465. The summed E-state index contributed by atoms with van der Waals surface area (Å²) >= 11 is 0. The van der Waals surface area contributed by atoms with E-state index in [1.54, 1.807) is 22.9 Å². The van der Waals surface area contributed by atoms with Crippen LogP contribution < -0.4 is 0 Å². The van der Waals surface area contributed by atoms with Crippen molar-refractivity contribution in [3.63, 3.8) is 0 Å². The molecule has 0 unspecified atom stereocenters. The standard InChI is InChI=1S/C9H5FN2/c1-2-7-6-12-5-3-4-8(10)9(12)11-7/h1,3-6H. The second kappa shape index (κ2) is 2.35. The Labute approximate surface area is 68.7 Å². The van der Waals surface area contributed by atoms with Crippen LogP contribution in [0.15, 0.2) is 24.5 Å². The van der Waals surface area contributed by atoms with Crippen molar-refractivity contribution in [1.82, 2.24) is 9.38 Å². The lowest BCUT2D eigenvalue weighted by molar-refractivity contribution is 0.630. The summed E-state index contributed by atoms with van der Waals surface area (Å²) in [6.45, 7) is 0. The van der Waals surface area contributed by atoms with Crippen LogP contribution in [0.3, 0.4) is 0 Å². The summed E-state index contributed by atoms with van der Waals surface area (Å²) in [6.07, 6.45) is 8.43. The van der Waals surface area contributed by atoms with Crippen molar-refractivity contribution in [3.05, 3.63) is 36.0 Å². The van der Waals surface area contributed by atoms with E-state index in [4.69, 9.17) is 6.42 Å². The monoisotopic (exact) mass is 160 g/mol. The van der Waals surface area contributed by atoms with E-state index in [1.165, 1.54) is 6.07 Å². The molecule has 12 heavy (non-hydrogen) atoms. The second-order valence-corrected chi connectivity index (χ2v) is 2.36. The Kier molecular flexibility index (Phi) is 1.34. The molecule has 0 spiro atoms. The maximum absolute atomic E-state index is 13.0. The topological polar surface area (TPSA) is 17.3 Å². The molecule has 2 aromatic heterocycles. The maximum Gasteiger partial charge on any atom is 0.174 e. The predicted octanol–water partition coefficient (Wildman–Crippen LogP) is 1.45. The molecule has 0 aliphatic carbocycles. The van der Waals surface area contributed by atoms with Gasteiger partial charge in [0.25, 0.3) is 0 Å². The highest BCUT2D eigenvalue weighted by molar-refractivity contribution is 5.44. The third kappa shape index (κ3) is 0.857. The van der Waals surface area contributed by atoms with Crippen molar-refractivity contribution in [3.8, 4) is 12.3 Å². The lowest BCUT2D eigenvalue weighted by atomic mass is 10.4. The molecule has 0 saturated heterocycles. The number of terminal acetylenes is 1. The number of nitrogens with zero attached hydrogens (tertiary/aromatic N) is 2. The Morgan fingerprint density at radius 1 is 1.58 bits per heavy atom. The van der Waals surface area contributed by atoms with Crippen molar-refractivity contribution in [2.45, 2.75) is 0 Å². The zero-order valence-corrected chi connectivity index (χ0v) is 6.16. The fourth-order valence-electron chi connectivity index (χ4n) is 1.05. The molecule has 0 aliphatic heterocycles. The fourth-order valence-corrected chi connectivity index (χ4v) is 1.05. The molecule has 2 heterocycles. The van der Waals surface area contributed by atoms with Crippen molar-refractivity contribution in [2.24, 2.45) is 0 Å². The summed E-state index contributed by atoms with van der Waals surface area (Å²) in [6, 6.07) is 2.95. The average Bonchev–Trinajstić information content (AvgIpc) is 2.49. The molecule has 0 atom stereocenters. The zero-order chi connectivity index (χ0) is 8.55. The van der Waals surface area contributed by atoms with Gasteiger partial charge >= 0.3 is 0 Å². The highest BCUT2D eigenvalue weighted by Gasteiger charge is 2.02. The van der Waals surface area contributed by atoms with Crippen molar-refractivity contribution < 1.29 is 4.39 Å². The molecular formula is C9H5FN2. The molecule has 0 aliphatic rings. The minimum atomic E-state index is -0.362. The van der Waals surface area contributed by atoms with E-state index < -0.39 is 0 Å². The molecule has 0 radical (unpaired) electrons. The maximum atomic E-state index is 13.0. The van der Waals surface area contributed by atoms with Gasteiger partial charge in [-0.3, -0.25) is 0 Å². The van der Waals surface area contributed by atoms with Crippen LogP contribution in [0.1, 0.15) is 5.69 Å². The summed E-state index contributed by atoms with van der Waals surface area (Å²) in [4.78, 5) is 3.88. The van der Waals surface area contributed by atoms with Crippen LogP contribution in [0, 0.1) is 18.2 Å². The first-order valence-electron chi connectivity index (χ1n) is 3.41. The SMILES string of the molecule is C#Cc1cn2cccc(F)c2n1. The van der Waals surface area contributed by atoms with Gasteiger partial charge in [0, 0.05) is 12.4 Å². The normalized spacial score (nSPS) is 10.0. The summed E-state index contributed by atoms with van der Waals surface area (Å²) < 4.78 is 14.5. The zero-order valence-electron chi connectivity index (χ0n) is 6.16. The van der Waals surface area contributed by atoms with E-state index in [9.17, 15) is 4.39 Å². The Morgan fingerprint density at radius 3 is 3.08 bits per heavy atom. The van der Waals surface area contributed by atoms with Gasteiger partial charge in [-0.2, -0.15) is 0 Å². The van der Waals surface area contributed by atoms with Crippen molar-refractivity contribution >= 4 is 5.65 Å². The second-order valence-electron chi connectivity index (χ2n) is 2.36. The van der Waals surface area contributed by atoms with Gasteiger partial charge < -0.3 is 4.40 Å². The summed E-state index contributed by atoms with van der Waals surface area (Å²) in [7, 11) is 0. The van der Waals surface area contributed by atoms with Gasteiger partial charge in [0.1, 0.15) is 5.69 Å². The molecule has 0 fully saturated rings. The van der Waals surface area contributed by atoms with E-state index in [-0.39, 0.29) is 11.5 Å². The molecule has 0 aromatic carbocycles. The average molecular weight is 160 g/mol. The van der Waals surface area contributed by atoms with E-state index in [1.807, 2.05) is 0 Å². The number of aromatic nitrogens is 2. The van der Waals surface area contributed by atoms with Crippen LogP contribution in [0.25, 0.3) is 5.65 Å². The highest BCUT2D eigenvalue weighted by atomic mass is 19.1. The first-order valence-corrected chi connectivity index (χ1v) is 3.41. The number of rotatable bonds is 0. The van der Waals surface area contributed by atoms with Crippen LogP contribution in [0.5, 0.6) is 0 Å². The Balaban J connectivity index is 2.85. The number of hydrogen-bond acceptors (Lipinski definition) is 1. The summed E-state index contributed by atoms with van der Waals surface area (Å²) in [5.41, 5.74) is 0.713. The van der Waals surface area contributed by atoms with Gasteiger partial charge in [0.2, 0.25) is 0 Å². The number of imidazole rings is 1. The molecule has 2 aromatic rings. The van der Waals surface area contributed by atoms with Gasteiger partial charge in [0.05, 0.1) is 0 Å². The third-order valence-electron chi connectivity index (χ3n) is 1.58. The minimum absolute atomic E-state index is 0.269. The van der Waals surface area contributed by atoms with Gasteiger partial charge in [-0.05, 0) is 18.1 Å². The first-order chi connectivity index (χ1) is 5.81. The van der Waals surface area contributed by atoms with Gasteiger partial charge in [-0.1, -0.05) is 0 Å². The van der Waals surface area contributed by atoms with Gasteiger partial charge in [0.15, 0.2) is 11.5 Å². The number of halogens is 1. The van der Waals surface area contributed by atoms with E-state index in [0.717, 1.165) is 0 Å². The Hall–Kier alpha value is -1.82. The number of pyridine rings is 1. The van der Waals surface area contributed by atoms with Gasteiger partial charge in [-0.15, -0.1) is 6.42 Å². The molecule has 2 nitrogen and oxygen atoms in total. The molecule has 0 saturated carbocycles. The van der Waals surface area contributed by atoms with Crippen LogP contribution >= 0.6 is 0 Å². The molecule has 0 amide bonds. The number of fused-ring (bicyclic) bond motifs is 1. The molecule has 58 valence electrons. The van der Waals surface area contributed by atoms with E-state index in [2.05, 4.69) is 10.9 Å². The quantitative estimate of drug-likeness (QED) is 0.533. The summed E-state index contributed by atoms with van der Waals surface area (Å²) in [5.74, 6) is 1.98. The fraction of sp³-hybridized carbons (Fsp3) is 0. The molecular weight excluding hydrogens is 155 g/mol. The highest BCUT2D eigenvalue weighted by Crippen LogP contribution is 2.07. The van der Waals surface area contributed by atoms with Crippen LogP contribution in [0.2, 0.25) is 0 Å². The lowest BCUT2D eigenvalue weighted by Gasteiger charge is -1.90. The Morgan fingerprint density at radius 2 is 2.42 bits per heavy atom. The largest absolute Gasteiger partial charge is 0.303 e. The van der Waals surface area contributed by atoms with E-state index in [0.29, 0.717) is 5.69 Å². The molecule has 2 rings (SSSR count). The number of hydrogen-bond donors (Lipinski definition) is 0. The third-order valence-corrected chi connectivity index (χ3v) is 1.58. The smallest absolute Gasteiger partial charge is 0.174 e. The molecule has 0 bridgehead atoms. The van der Waals surface area contributed by atoms with Crippen LogP contribution in [-0.4, -0.2) is 9.38 Å².